The van der Waals surface area contributed by atoms with Crippen molar-refractivity contribution in [1.82, 2.24) is 14.3 Å². The molecule has 0 N–H and O–H groups in total. The van der Waals surface area contributed by atoms with E-state index >= 15 is 0 Å². The monoisotopic (exact) mass is 348 g/mol. The number of thiophene rings is 1. The van der Waals surface area contributed by atoms with Crippen molar-refractivity contribution in [2.45, 2.75) is 32.1 Å². The highest BCUT2D eigenvalue weighted by atomic mass is 32.1. The molecule has 1 aliphatic carbocycles. The normalized spacial score (nSPS) is 19.0. The Hall–Kier alpha value is -1.47. The molecule has 7 heteroatoms. The minimum Gasteiger partial charge on any atom is -0.345 e. The van der Waals surface area contributed by atoms with Gasteiger partial charge in [-0.2, -0.15) is 4.37 Å². The van der Waals surface area contributed by atoms with Gasteiger partial charge in [-0.3, -0.25) is 4.79 Å². The van der Waals surface area contributed by atoms with Crippen molar-refractivity contribution in [2.75, 3.05) is 31.1 Å². The highest BCUT2D eigenvalue weighted by Crippen LogP contribution is 2.43. The molecule has 1 amide bonds. The van der Waals surface area contributed by atoms with Gasteiger partial charge in [-0.15, -0.1) is 11.3 Å². The minimum absolute atomic E-state index is 0.220. The lowest BCUT2D eigenvalue weighted by Crippen LogP contribution is -2.35. The van der Waals surface area contributed by atoms with E-state index in [0.29, 0.717) is 5.92 Å². The molecule has 0 bridgehead atoms. The zero-order valence-corrected chi connectivity index (χ0v) is 14.8. The summed E-state index contributed by atoms with van der Waals surface area (Å²) in [5, 5.41) is 3.04. The van der Waals surface area contributed by atoms with Gasteiger partial charge in [0.2, 0.25) is 5.13 Å². The minimum atomic E-state index is 0.220. The number of amides is 1. The molecule has 122 valence electrons. The van der Waals surface area contributed by atoms with Gasteiger partial charge in [0.25, 0.3) is 5.91 Å². The van der Waals surface area contributed by atoms with Gasteiger partial charge in [0, 0.05) is 37.7 Å². The summed E-state index contributed by atoms with van der Waals surface area (Å²) in [5.74, 6) is 1.68. The molecule has 2 aromatic heterocycles. The average molecular weight is 348 g/mol. The van der Waals surface area contributed by atoms with Gasteiger partial charge in [-0.05, 0) is 49.1 Å². The smallest absolute Gasteiger partial charge is 0.264 e. The molecule has 2 aromatic rings. The van der Waals surface area contributed by atoms with Gasteiger partial charge in [0.1, 0.15) is 5.82 Å². The maximum atomic E-state index is 12.9. The fourth-order valence-corrected chi connectivity index (χ4v) is 4.76. The van der Waals surface area contributed by atoms with Crippen LogP contribution in [-0.2, 0) is 0 Å². The van der Waals surface area contributed by atoms with Gasteiger partial charge in [0.05, 0.1) is 4.88 Å². The highest BCUT2D eigenvalue weighted by molar-refractivity contribution is 7.12. The van der Waals surface area contributed by atoms with Gasteiger partial charge < -0.3 is 9.80 Å². The molecule has 1 saturated heterocycles. The molecule has 0 atom stereocenters. The van der Waals surface area contributed by atoms with Crippen LogP contribution in [0.2, 0.25) is 0 Å². The SMILES string of the molecule is Cc1nsc(N2CCCN(C(=O)c3sccc3C3CC3)CC2)n1. The van der Waals surface area contributed by atoms with Crippen LogP contribution in [0.1, 0.15) is 46.2 Å². The van der Waals surface area contributed by atoms with Gasteiger partial charge in [0.15, 0.2) is 0 Å². The molecule has 0 radical (unpaired) electrons. The van der Waals surface area contributed by atoms with E-state index in [9.17, 15) is 4.79 Å². The Morgan fingerprint density at radius 2 is 2.13 bits per heavy atom. The summed E-state index contributed by atoms with van der Waals surface area (Å²) < 4.78 is 4.27. The quantitative estimate of drug-likeness (QED) is 0.855. The summed E-state index contributed by atoms with van der Waals surface area (Å²) in [6, 6.07) is 2.14. The Kier molecular flexibility index (Phi) is 4.07. The van der Waals surface area contributed by atoms with Crippen LogP contribution >= 0.6 is 22.9 Å². The number of nitrogens with zero attached hydrogens (tertiary/aromatic N) is 4. The number of hydrogen-bond donors (Lipinski definition) is 0. The predicted molar refractivity (Wildman–Crippen MR) is 93.7 cm³/mol. The first-order valence-electron chi connectivity index (χ1n) is 8.14. The van der Waals surface area contributed by atoms with Crippen molar-refractivity contribution in [3.8, 4) is 0 Å². The third-order valence-corrected chi connectivity index (χ3v) is 6.26. The summed E-state index contributed by atoms with van der Waals surface area (Å²) in [7, 11) is 0. The second-order valence-corrected chi connectivity index (χ2v) is 7.88. The molecule has 1 saturated carbocycles. The lowest BCUT2D eigenvalue weighted by Gasteiger charge is -2.21. The first-order valence-corrected chi connectivity index (χ1v) is 9.79. The van der Waals surface area contributed by atoms with Crippen molar-refractivity contribution in [3.05, 3.63) is 27.7 Å². The molecule has 3 heterocycles. The first-order chi connectivity index (χ1) is 11.2. The Labute approximate surface area is 144 Å². The van der Waals surface area contributed by atoms with Crippen molar-refractivity contribution in [1.29, 1.82) is 0 Å². The maximum absolute atomic E-state index is 12.9. The molecular weight excluding hydrogens is 328 g/mol. The molecule has 4 rings (SSSR count). The molecule has 2 fully saturated rings. The average Bonchev–Trinajstić information content (AvgIpc) is 3.21. The van der Waals surface area contributed by atoms with E-state index in [0.717, 1.165) is 48.4 Å². The molecule has 2 aliphatic rings. The Morgan fingerprint density at radius 3 is 2.87 bits per heavy atom. The van der Waals surface area contributed by atoms with Crippen LogP contribution in [0.25, 0.3) is 0 Å². The van der Waals surface area contributed by atoms with E-state index in [1.165, 1.54) is 29.9 Å². The van der Waals surface area contributed by atoms with Crippen LogP contribution in [0.4, 0.5) is 5.13 Å². The van der Waals surface area contributed by atoms with Crippen molar-refractivity contribution in [3.63, 3.8) is 0 Å². The predicted octanol–water partition coefficient (Wildman–Crippen LogP) is 3.14. The number of aromatic nitrogens is 2. The van der Waals surface area contributed by atoms with Gasteiger partial charge >= 0.3 is 0 Å². The summed E-state index contributed by atoms with van der Waals surface area (Å²) in [4.78, 5) is 22.6. The highest BCUT2D eigenvalue weighted by Gasteiger charge is 2.31. The number of hydrogen-bond acceptors (Lipinski definition) is 6. The maximum Gasteiger partial charge on any atom is 0.264 e. The Balaban J connectivity index is 1.45. The number of anilines is 1. The van der Waals surface area contributed by atoms with Crippen molar-refractivity contribution >= 4 is 33.9 Å². The second-order valence-electron chi connectivity index (χ2n) is 6.24. The first kappa shape index (κ1) is 15.1. The number of aryl methyl sites for hydroxylation is 1. The Morgan fingerprint density at radius 1 is 1.26 bits per heavy atom. The van der Waals surface area contributed by atoms with E-state index in [-0.39, 0.29) is 5.91 Å². The zero-order chi connectivity index (χ0) is 15.8. The molecule has 5 nitrogen and oxygen atoms in total. The van der Waals surface area contributed by atoms with Crippen LogP contribution in [0.15, 0.2) is 11.4 Å². The Bertz CT molecular complexity index is 707. The molecule has 0 unspecified atom stereocenters. The van der Waals surface area contributed by atoms with E-state index in [1.807, 2.05) is 11.8 Å². The van der Waals surface area contributed by atoms with Crippen molar-refractivity contribution in [2.24, 2.45) is 0 Å². The lowest BCUT2D eigenvalue weighted by atomic mass is 10.1. The number of rotatable bonds is 3. The lowest BCUT2D eigenvalue weighted by molar-refractivity contribution is 0.0771. The van der Waals surface area contributed by atoms with E-state index in [2.05, 4.69) is 25.7 Å². The summed E-state index contributed by atoms with van der Waals surface area (Å²) >= 11 is 3.05. The third-order valence-electron chi connectivity index (χ3n) is 4.48. The van der Waals surface area contributed by atoms with Crippen molar-refractivity contribution < 1.29 is 4.79 Å². The third kappa shape index (κ3) is 3.12. The topological polar surface area (TPSA) is 49.3 Å². The fourth-order valence-electron chi connectivity index (χ4n) is 3.08. The van der Waals surface area contributed by atoms with E-state index in [1.54, 1.807) is 11.3 Å². The second kappa shape index (κ2) is 6.20. The van der Waals surface area contributed by atoms with Crippen LogP contribution < -0.4 is 4.90 Å². The van der Waals surface area contributed by atoms with E-state index < -0.39 is 0 Å². The molecule has 0 spiro atoms. The molecular formula is C16H20N4OS2. The van der Waals surface area contributed by atoms with Crippen LogP contribution in [0, 0.1) is 6.92 Å². The van der Waals surface area contributed by atoms with Gasteiger partial charge in [-0.1, -0.05) is 0 Å². The van der Waals surface area contributed by atoms with Crippen LogP contribution in [0.3, 0.4) is 0 Å². The van der Waals surface area contributed by atoms with Crippen LogP contribution in [-0.4, -0.2) is 46.3 Å². The largest absolute Gasteiger partial charge is 0.345 e. The summed E-state index contributed by atoms with van der Waals surface area (Å²) in [5.41, 5.74) is 1.28. The standard InChI is InChI=1S/C16H20N4OS2/c1-11-17-16(23-18-11)20-7-2-6-19(8-9-20)15(21)14-13(5-10-22-14)12-3-4-12/h5,10,12H,2-4,6-9H2,1H3. The molecule has 23 heavy (non-hydrogen) atoms. The summed E-state index contributed by atoms with van der Waals surface area (Å²) in [6.07, 6.45) is 3.46. The number of carbonyl (C=O) groups excluding carboxylic acids is 1. The number of carbonyl (C=O) groups is 1. The van der Waals surface area contributed by atoms with E-state index in [4.69, 9.17) is 0 Å². The molecule has 1 aliphatic heterocycles. The van der Waals surface area contributed by atoms with Gasteiger partial charge in [-0.25, -0.2) is 4.98 Å². The molecule has 0 aromatic carbocycles. The summed E-state index contributed by atoms with van der Waals surface area (Å²) in [6.45, 7) is 5.29. The zero-order valence-electron chi connectivity index (χ0n) is 13.2. The fraction of sp³-hybridized carbons (Fsp3) is 0.562. The van der Waals surface area contributed by atoms with Crippen LogP contribution in [0.5, 0.6) is 0 Å².